The van der Waals surface area contributed by atoms with Gasteiger partial charge in [0.15, 0.2) is 0 Å². The number of carbonyl (C=O) groups is 1. The largest absolute Gasteiger partial charge is 0.369 e. The lowest BCUT2D eigenvalue weighted by atomic mass is 9.86. The summed E-state index contributed by atoms with van der Waals surface area (Å²) in [5.74, 6) is 0.466. The highest BCUT2D eigenvalue weighted by Crippen LogP contribution is 2.46. The van der Waals surface area contributed by atoms with Gasteiger partial charge in [0.2, 0.25) is 0 Å². The van der Waals surface area contributed by atoms with Gasteiger partial charge >= 0.3 is 0 Å². The molecule has 1 aliphatic carbocycles. The predicted octanol–water partition coefficient (Wildman–Crippen LogP) is 1.49. The van der Waals surface area contributed by atoms with Crippen LogP contribution in [0.5, 0.6) is 0 Å². The van der Waals surface area contributed by atoms with Crippen molar-refractivity contribution in [1.29, 1.82) is 0 Å². The number of nitrogens with zero attached hydrogens (tertiary/aromatic N) is 2. The predicted molar refractivity (Wildman–Crippen MR) is 68.5 cm³/mol. The summed E-state index contributed by atoms with van der Waals surface area (Å²) in [5, 5.41) is 0. The van der Waals surface area contributed by atoms with Gasteiger partial charge in [-0.2, -0.15) is 0 Å². The molecule has 17 heavy (non-hydrogen) atoms. The number of Topliss-reactive ketones (excluding diaryl/α,β-unsaturated/α-hetero) is 1. The molecule has 3 nitrogen and oxygen atoms in total. The summed E-state index contributed by atoms with van der Waals surface area (Å²) >= 11 is 0. The summed E-state index contributed by atoms with van der Waals surface area (Å²) in [6, 6.07) is 8.96. The summed E-state index contributed by atoms with van der Waals surface area (Å²) < 4.78 is 0. The lowest BCUT2D eigenvalue weighted by Crippen LogP contribution is -2.50. The molecule has 3 rings (SSSR count). The second-order valence-electron chi connectivity index (χ2n) is 5.34. The Hall–Kier alpha value is -1.35. The number of para-hydroxylation sites is 1. The molecule has 1 aliphatic heterocycles. The van der Waals surface area contributed by atoms with Gasteiger partial charge in [-0.3, -0.25) is 4.79 Å². The first-order valence-corrected chi connectivity index (χ1v) is 6.12. The fourth-order valence-electron chi connectivity index (χ4n) is 3.48. The Balaban J connectivity index is 2.17. The third-order valence-corrected chi connectivity index (χ3v) is 4.24. The zero-order chi connectivity index (χ0) is 12.2. The van der Waals surface area contributed by atoms with Crippen molar-refractivity contribution in [2.75, 3.05) is 26.0 Å². The average Bonchev–Trinajstić information content (AvgIpc) is 2.61. The molecule has 90 valence electrons. The van der Waals surface area contributed by atoms with E-state index >= 15 is 0 Å². The molecular weight excluding hydrogens is 212 g/mol. The number of benzene rings is 1. The van der Waals surface area contributed by atoms with E-state index in [4.69, 9.17) is 0 Å². The molecule has 2 aliphatic rings. The SMILES string of the molecule is CN(C)C1C2C(=O)CC1N(C)c1ccccc12. The highest BCUT2D eigenvalue weighted by atomic mass is 16.1. The molecule has 0 aromatic heterocycles. The van der Waals surface area contributed by atoms with Crippen LogP contribution in [0.2, 0.25) is 0 Å². The number of hydrogen-bond acceptors (Lipinski definition) is 3. The van der Waals surface area contributed by atoms with Gasteiger partial charge in [0.05, 0.1) is 12.0 Å². The molecule has 3 unspecified atom stereocenters. The van der Waals surface area contributed by atoms with Crippen molar-refractivity contribution in [1.82, 2.24) is 4.90 Å². The summed E-state index contributed by atoms with van der Waals surface area (Å²) in [4.78, 5) is 16.7. The number of hydrogen-bond donors (Lipinski definition) is 0. The number of rotatable bonds is 1. The second-order valence-corrected chi connectivity index (χ2v) is 5.34. The number of carbonyl (C=O) groups excluding carboxylic acids is 1. The van der Waals surface area contributed by atoms with Crippen molar-refractivity contribution in [3.05, 3.63) is 29.8 Å². The lowest BCUT2D eigenvalue weighted by Gasteiger charge is -2.42. The summed E-state index contributed by atoms with van der Waals surface area (Å²) in [7, 11) is 6.25. The lowest BCUT2D eigenvalue weighted by molar-refractivity contribution is -0.119. The van der Waals surface area contributed by atoms with Gasteiger partial charge in [0.25, 0.3) is 0 Å². The van der Waals surface area contributed by atoms with Crippen molar-refractivity contribution >= 4 is 11.5 Å². The molecule has 0 spiro atoms. The normalized spacial score (nSPS) is 30.9. The van der Waals surface area contributed by atoms with Crippen LogP contribution in [-0.4, -0.2) is 43.9 Å². The number of ketones is 1. The molecule has 0 saturated heterocycles. The van der Waals surface area contributed by atoms with Crippen LogP contribution in [0, 0.1) is 0 Å². The minimum Gasteiger partial charge on any atom is -0.369 e. The highest BCUT2D eigenvalue weighted by molar-refractivity contribution is 5.94. The van der Waals surface area contributed by atoms with Crippen LogP contribution in [-0.2, 0) is 4.79 Å². The minimum absolute atomic E-state index is 0.0717. The Morgan fingerprint density at radius 1 is 1.29 bits per heavy atom. The molecule has 0 N–H and O–H groups in total. The zero-order valence-corrected chi connectivity index (χ0v) is 10.6. The van der Waals surface area contributed by atoms with Gasteiger partial charge in [-0.1, -0.05) is 18.2 Å². The Bertz CT molecular complexity index is 469. The Morgan fingerprint density at radius 3 is 2.71 bits per heavy atom. The van der Waals surface area contributed by atoms with Crippen LogP contribution in [0.4, 0.5) is 5.69 Å². The molecule has 0 amide bonds. The van der Waals surface area contributed by atoms with E-state index in [2.05, 4.69) is 49.1 Å². The van der Waals surface area contributed by atoms with Crippen LogP contribution in [0.3, 0.4) is 0 Å². The quantitative estimate of drug-likeness (QED) is 0.730. The smallest absolute Gasteiger partial charge is 0.144 e. The molecule has 2 bridgehead atoms. The fraction of sp³-hybridized carbons (Fsp3) is 0.500. The van der Waals surface area contributed by atoms with E-state index in [1.807, 2.05) is 6.07 Å². The number of anilines is 1. The van der Waals surface area contributed by atoms with Gasteiger partial charge in [0.1, 0.15) is 5.78 Å². The first-order chi connectivity index (χ1) is 8.11. The number of likely N-dealkylation sites (N-methyl/N-ethyl adjacent to an activating group) is 2. The molecule has 3 heteroatoms. The number of fused-ring (bicyclic) bond motifs is 4. The minimum atomic E-state index is 0.0717. The molecule has 1 saturated carbocycles. The molecule has 1 fully saturated rings. The van der Waals surface area contributed by atoms with E-state index in [1.54, 1.807) is 0 Å². The third kappa shape index (κ3) is 1.35. The summed E-state index contributed by atoms with van der Waals surface area (Å²) in [6.07, 6.45) is 0.679. The van der Waals surface area contributed by atoms with Crippen molar-refractivity contribution < 1.29 is 4.79 Å². The van der Waals surface area contributed by atoms with Crippen molar-refractivity contribution in [3.63, 3.8) is 0 Å². The molecule has 1 aromatic carbocycles. The molecule has 1 heterocycles. The first-order valence-electron chi connectivity index (χ1n) is 6.12. The average molecular weight is 230 g/mol. The third-order valence-electron chi connectivity index (χ3n) is 4.24. The maximum absolute atomic E-state index is 12.2. The molecule has 3 atom stereocenters. The van der Waals surface area contributed by atoms with Crippen LogP contribution >= 0.6 is 0 Å². The van der Waals surface area contributed by atoms with Crippen molar-refractivity contribution in [2.45, 2.75) is 24.4 Å². The Kier molecular flexibility index (Phi) is 2.26. The van der Waals surface area contributed by atoms with Gasteiger partial charge in [-0.05, 0) is 25.7 Å². The monoisotopic (exact) mass is 230 g/mol. The van der Waals surface area contributed by atoms with Gasteiger partial charge in [-0.15, -0.1) is 0 Å². The summed E-state index contributed by atoms with van der Waals surface area (Å²) in [5.41, 5.74) is 2.43. The molecular formula is C14H18N2O. The van der Waals surface area contributed by atoms with Crippen LogP contribution < -0.4 is 4.90 Å². The van der Waals surface area contributed by atoms with Gasteiger partial charge in [-0.25, -0.2) is 0 Å². The zero-order valence-electron chi connectivity index (χ0n) is 10.6. The van der Waals surface area contributed by atoms with E-state index in [9.17, 15) is 4.79 Å². The second kappa shape index (κ2) is 3.57. The Morgan fingerprint density at radius 2 is 2.00 bits per heavy atom. The van der Waals surface area contributed by atoms with E-state index in [0.717, 1.165) is 0 Å². The molecule has 0 radical (unpaired) electrons. The standard InChI is InChI=1S/C14H18N2O/c1-15(2)14-11-8-12(17)13(14)9-6-4-5-7-10(9)16(11)3/h4-7,11,13-14H,8H2,1-3H3. The van der Waals surface area contributed by atoms with Crippen LogP contribution in [0.15, 0.2) is 24.3 Å². The maximum Gasteiger partial charge on any atom is 0.144 e. The maximum atomic E-state index is 12.2. The topological polar surface area (TPSA) is 23.6 Å². The van der Waals surface area contributed by atoms with E-state index < -0.39 is 0 Å². The summed E-state index contributed by atoms with van der Waals surface area (Å²) in [6.45, 7) is 0. The van der Waals surface area contributed by atoms with Gasteiger partial charge in [0, 0.05) is 25.2 Å². The van der Waals surface area contributed by atoms with Crippen LogP contribution in [0.1, 0.15) is 17.9 Å². The van der Waals surface area contributed by atoms with Crippen molar-refractivity contribution in [3.8, 4) is 0 Å². The van der Waals surface area contributed by atoms with Crippen molar-refractivity contribution in [2.24, 2.45) is 0 Å². The van der Waals surface area contributed by atoms with Gasteiger partial charge < -0.3 is 9.80 Å². The van der Waals surface area contributed by atoms with E-state index in [0.29, 0.717) is 24.3 Å². The van der Waals surface area contributed by atoms with E-state index in [-0.39, 0.29) is 5.92 Å². The first kappa shape index (κ1) is 10.8. The molecule has 1 aromatic rings. The van der Waals surface area contributed by atoms with E-state index in [1.165, 1.54) is 11.3 Å². The Labute approximate surface area is 102 Å². The van der Waals surface area contributed by atoms with Crippen LogP contribution in [0.25, 0.3) is 0 Å². The fourth-order valence-corrected chi connectivity index (χ4v) is 3.48. The highest BCUT2D eigenvalue weighted by Gasteiger charge is 2.50.